The summed E-state index contributed by atoms with van der Waals surface area (Å²) in [6.45, 7) is 3.42. The molecule has 0 aliphatic heterocycles. The molecule has 28 heavy (non-hydrogen) atoms. The van der Waals surface area contributed by atoms with Crippen LogP contribution in [0.3, 0.4) is 0 Å². The molecule has 148 valence electrons. The molecule has 1 aromatic heterocycles. The van der Waals surface area contributed by atoms with Crippen molar-refractivity contribution in [1.29, 1.82) is 0 Å². The zero-order chi connectivity index (χ0) is 20.5. The van der Waals surface area contributed by atoms with Gasteiger partial charge in [0.1, 0.15) is 6.29 Å². The maximum atomic E-state index is 13.0. The molecule has 3 aromatic rings. The predicted molar refractivity (Wildman–Crippen MR) is 104 cm³/mol. The van der Waals surface area contributed by atoms with E-state index in [4.69, 9.17) is 9.05 Å². The van der Waals surface area contributed by atoms with Crippen LogP contribution in [-0.2, 0) is 19.9 Å². The fourth-order valence-corrected chi connectivity index (χ4v) is 4.74. The Morgan fingerprint density at radius 3 is 2.32 bits per heavy atom. The number of aromatic amines is 1. The van der Waals surface area contributed by atoms with Gasteiger partial charge in [0, 0.05) is 11.5 Å². The molecule has 0 atom stereocenters. The molecule has 0 bridgehead atoms. The van der Waals surface area contributed by atoms with Gasteiger partial charge in [-0.1, -0.05) is 18.2 Å². The van der Waals surface area contributed by atoms with Gasteiger partial charge in [-0.3, -0.25) is 28.8 Å². The molecule has 0 aliphatic carbocycles. The number of aromatic nitrogens is 2. The van der Waals surface area contributed by atoms with Gasteiger partial charge in [-0.05, 0) is 19.9 Å². The average Bonchev–Trinajstić information content (AvgIpc) is 2.64. The fraction of sp³-hybridized carbons (Fsp3) is 0.294. The van der Waals surface area contributed by atoms with Gasteiger partial charge in [0.05, 0.1) is 34.6 Å². The van der Waals surface area contributed by atoms with Crippen molar-refractivity contribution in [2.24, 2.45) is 0 Å². The van der Waals surface area contributed by atoms with E-state index in [9.17, 15) is 24.3 Å². The van der Waals surface area contributed by atoms with Crippen LogP contribution in [0.1, 0.15) is 13.8 Å². The topological polar surface area (TPSA) is 134 Å². The van der Waals surface area contributed by atoms with Crippen LogP contribution in [0.25, 0.3) is 21.8 Å². The van der Waals surface area contributed by atoms with E-state index in [1.807, 2.05) is 0 Å². The molecule has 0 fully saturated rings. The molecular weight excluding hydrogens is 389 g/mol. The van der Waals surface area contributed by atoms with E-state index in [1.54, 1.807) is 32.0 Å². The standard InChI is InChI=1S/C17H18N3O7P/c1-3-26-28(25,27-4-2)10-19-15-12-8-6-5-7-11(12)14(20(23)24)9-13(15)18-16(21)17(19)22/h5-9H,3-4,10H2,1-2H3,(H,18,21). The summed E-state index contributed by atoms with van der Waals surface area (Å²) in [7, 11) is -3.72. The van der Waals surface area contributed by atoms with Gasteiger partial charge in [-0.2, -0.15) is 0 Å². The van der Waals surface area contributed by atoms with Crippen LogP contribution in [0, 0.1) is 10.1 Å². The Bertz CT molecular complexity index is 1220. The molecule has 0 unspecified atom stereocenters. The number of hydrogen-bond acceptors (Lipinski definition) is 7. The van der Waals surface area contributed by atoms with Crippen LogP contribution in [0.2, 0.25) is 0 Å². The summed E-state index contributed by atoms with van der Waals surface area (Å²) in [5.41, 5.74) is -1.87. The third kappa shape index (κ3) is 3.49. The monoisotopic (exact) mass is 407 g/mol. The van der Waals surface area contributed by atoms with Crippen LogP contribution in [0.15, 0.2) is 39.9 Å². The van der Waals surface area contributed by atoms with Gasteiger partial charge in [-0.25, -0.2) is 0 Å². The largest absolute Gasteiger partial charge is 0.350 e. The summed E-state index contributed by atoms with van der Waals surface area (Å²) in [6.07, 6.45) is -0.490. The van der Waals surface area contributed by atoms with Crippen LogP contribution in [0.5, 0.6) is 0 Å². The second kappa shape index (κ2) is 7.67. The average molecular weight is 407 g/mol. The number of H-pyrrole nitrogens is 1. The highest BCUT2D eigenvalue weighted by molar-refractivity contribution is 7.52. The number of benzene rings is 2. The predicted octanol–water partition coefficient (Wildman–Crippen LogP) is 2.97. The summed E-state index contributed by atoms with van der Waals surface area (Å²) in [5, 5.41) is 12.1. The smallest absolute Gasteiger partial charge is 0.316 e. The number of non-ortho nitro benzene ring substituents is 1. The molecule has 2 aromatic carbocycles. The summed E-state index contributed by atoms with van der Waals surface area (Å²) in [4.78, 5) is 38.0. The molecule has 0 saturated carbocycles. The summed E-state index contributed by atoms with van der Waals surface area (Å²) in [5.74, 6) is 0. The number of nitrogens with one attached hydrogen (secondary N) is 1. The molecule has 0 spiro atoms. The molecule has 10 nitrogen and oxygen atoms in total. The Morgan fingerprint density at radius 2 is 1.75 bits per heavy atom. The van der Waals surface area contributed by atoms with E-state index in [0.717, 1.165) is 4.57 Å². The Hall–Kier alpha value is -2.81. The maximum absolute atomic E-state index is 13.0. The lowest BCUT2D eigenvalue weighted by Crippen LogP contribution is -2.36. The molecule has 11 heteroatoms. The van der Waals surface area contributed by atoms with Crippen LogP contribution in [-0.4, -0.2) is 27.7 Å². The Balaban J connectivity index is 2.43. The summed E-state index contributed by atoms with van der Waals surface area (Å²) < 4.78 is 24.5. The first-order chi connectivity index (χ1) is 13.3. The highest BCUT2D eigenvalue weighted by Gasteiger charge is 2.28. The molecule has 1 heterocycles. The lowest BCUT2D eigenvalue weighted by atomic mass is 10.1. The number of nitrogens with zero attached hydrogens (tertiary/aromatic N) is 2. The van der Waals surface area contributed by atoms with Gasteiger partial charge < -0.3 is 14.0 Å². The number of nitro benzene ring substituents is 1. The van der Waals surface area contributed by atoms with Crippen LogP contribution < -0.4 is 11.1 Å². The number of rotatable bonds is 7. The van der Waals surface area contributed by atoms with Crippen molar-refractivity contribution in [2.45, 2.75) is 20.1 Å². The summed E-state index contributed by atoms with van der Waals surface area (Å²) in [6, 6.07) is 7.58. The first-order valence-electron chi connectivity index (χ1n) is 8.52. The van der Waals surface area contributed by atoms with E-state index in [-0.39, 0.29) is 35.3 Å². The van der Waals surface area contributed by atoms with Crippen molar-refractivity contribution >= 4 is 35.1 Å². The van der Waals surface area contributed by atoms with Crippen molar-refractivity contribution in [3.8, 4) is 0 Å². The zero-order valence-electron chi connectivity index (χ0n) is 15.2. The third-order valence-corrected chi connectivity index (χ3v) is 6.05. The Labute approximate surface area is 158 Å². The Morgan fingerprint density at radius 1 is 1.14 bits per heavy atom. The minimum Gasteiger partial charge on any atom is -0.316 e. The molecular formula is C17H18N3O7P. The minimum atomic E-state index is -3.72. The zero-order valence-corrected chi connectivity index (χ0v) is 16.1. The molecule has 0 amide bonds. The van der Waals surface area contributed by atoms with E-state index < -0.39 is 29.9 Å². The highest BCUT2D eigenvalue weighted by Crippen LogP contribution is 2.50. The molecule has 0 radical (unpaired) electrons. The quantitative estimate of drug-likeness (QED) is 0.209. The van der Waals surface area contributed by atoms with Crippen LogP contribution >= 0.6 is 7.60 Å². The molecule has 1 N–H and O–H groups in total. The third-order valence-electron chi connectivity index (χ3n) is 4.11. The van der Waals surface area contributed by atoms with Crippen molar-refractivity contribution in [2.75, 3.05) is 13.2 Å². The first kappa shape index (κ1) is 19.9. The fourth-order valence-electron chi connectivity index (χ4n) is 3.10. The number of fused-ring (bicyclic) bond motifs is 3. The van der Waals surface area contributed by atoms with Crippen molar-refractivity contribution < 1.29 is 18.5 Å². The van der Waals surface area contributed by atoms with Gasteiger partial charge in [-0.15, -0.1) is 0 Å². The highest BCUT2D eigenvalue weighted by atomic mass is 31.2. The summed E-state index contributed by atoms with van der Waals surface area (Å²) >= 11 is 0. The van der Waals surface area contributed by atoms with Gasteiger partial charge >= 0.3 is 18.7 Å². The lowest BCUT2D eigenvalue weighted by Gasteiger charge is -2.19. The van der Waals surface area contributed by atoms with Gasteiger partial charge in [0.2, 0.25) is 0 Å². The van der Waals surface area contributed by atoms with E-state index in [0.29, 0.717) is 5.39 Å². The van der Waals surface area contributed by atoms with E-state index in [1.165, 1.54) is 12.1 Å². The number of nitro groups is 1. The minimum absolute atomic E-state index is 0.0783. The maximum Gasteiger partial charge on any atom is 0.350 e. The molecule has 3 rings (SSSR count). The van der Waals surface area contributed by atoms with Gasteiger partial charge in [0.25, 0.3) is 5.69 Å². The normalized spacial score (nSPS) is 11.9. The van der Waals surface area contributed by atoms with E-state index >= 15 is 0 Å². The van der Waals surface area contributed by atoms with Crippen molar-refractivity contribution in [1.82, 2.24) is 9.55 Å². The van der Waals surface area contributed by atoms with Crippen molar-refractivity contribution in [3.63, 3.8) is 0 Å². The second-order valence-corrected chi connectivity index (χ2v) is 7.89. The van der Waals surface area contributed by atoms with Gasteiger partial charge in [0.15, 0.2) is 0 Å². The molecule has 0 aliphatic rings. The van der Waals surface area contributed by atoms with Crippen molar-refractivity contribution in [3.05, 3.63) is 61.2 Å². The van der Waals surface area contributed by atoms with Crippen LogP contribution in [0.4, 0.5) is 5.69 Å². The Kier molecular flexibility index (Phi) is 5.46. The lowest BCUT2D eigenvalue weighted by molar-refractivity contribution is -0.382. The molecule has 0 saturated heterocycles. The second-order valence-electron chi connectivity index (χ2n) is 5.87. The SMILES string of the molecule is CCOP(=O)(Cn1c(=O)c(=O)[nH]c2cc([N+](=O)[O-])c3ccccc3c21)OCC. The first-order valence-corrected chi connectivity index (χ1v) is 10.2. The van der Waals surface area contributed by atoms with E-state index in [2.05, 4.69) is 4.98 Å². The number of hydrogen-bond donors (Lipinski definition) is 1.